The summed E-state index contributed by atoms with van der Waals surface area (Å²) in [5, 5.41) is 14.2. The fraction of sp³-hybridized carbons (Fsp3) is 0.400. The molecule has 2 rings (SSSR count). The van der Waals surface area contributed by atoms with Crippen LogP contribution in [0.2, 0.25) is 5.02 Å². The van der Waals surface area contributed by atoms with Gasteiger partial charge in [-0.05, 0) is 31.0 Å². The third-order valence-corrected chi connectivity index (χ3v) is 2.95. The molecule has 1 atom stereocenters. The summed E-state index contributed by atoms with van der Waals surface area (Å²) in [6.07, 6.45) is 2.14. The van der Waals surface area contributed by atoms with E-state index in [9.17, 15) is 10.1 Å². The van der Waals surface area contributed by atoms with E-state index in [0.29, 0.717) is 0 Å². The molecular formula is C10H11ClN2O2. The lowest BCUT2D eigenvalue weighted by molar-refractivity contribution is -0.384. The average molecular weight is 227 g/mol. The molecule has 1 aromatic rings. The van der Waals surface area contributed by atoms with Gasteiger partial charge in [0, 0.05) is 12.1 Å². The second-order valence-corrected chi connectivity index (χ2v) is 4.02. The number of halogens is 1. The molecule has 0 saturated carbocycles. The van der Waals surface area contributed by atoms with E-state index < -0.39 is 4.92 Å². The molecule has 0 bridgehead atoms. The minimum Gasteiger partial charge on any atom is -0.310 e. The third-order valence-electron chi connectivity index (χ3n) is 2.63. The van der Waals surface area contributed by atoms with Gasteiger partial charge >= 0.3 is 0 Å². The van der Waals surface area contributed by atoms with Crippen molar-refractivity contribution in [2.45, 2.75) is 18.9 Å². The molecule has 0 aliphatic carbocycles. The smallest absolute Gasteiger partial charge is 0.288 e. The van der Waals surface area contributed by atoms with Gasteiger partial charge in [0.05, 0.1) is 4.92 Å². The first-order valence-corrected chi connectivity index (χ1v) is 5.23. The Morgan fingerprint density at radius 1 is 1.53 bits per heavy atom. The number of benzene rings is 1. The van der Waals surface area contributed by atoms with Gasteiger partial charge in [0.15, 0.2) is 0 Å². The highest BCUT2D eigenvalue weighted by Crippen LogP contribution is 2.30. The van der Waals surface area contributed by atoms with E-state index in [4.69, 9.17) is 11.6 Å². The highest BCUT2D eigenvalue weighted by Gasteiger charge is 2.20. The van der Waals surface area contributed by atoms with Crippen molar-refractivity contribution in [3.8, 4) is 0 Å². The molecule has 80 valence electrons. The molecule has 1 fully saturated rings. The van der Waals surface area contributed by atoms with E-state index in [1.54, 1.807) is 12.1 Å². The first kappa shape index (κ1) is 10.4. The van der Waals surface area contributed by atoms with E-state index in [2.05, 4.69) is 5.32 Å². The summed E-state index contributed by atoms with van der Waals surface area (Å²) < 4.78 is 0. The molecule has 0 spiro atoms. The molecule has 15 heavy (non-hydrogen) atoms. The Hall–Kier alpha value is -1.13. The zero-order valence-corrected chi connectivity index (χ0v) is 8.83. The highest BCUT2D eigenvalue weighted by atomic mass is 35.5. The topological polar surface area (TPSA) is 55.2 Å². The van der Waals surface area contributed by atoms with Crippen LogP contribution in [0.1, 0.15) is 24.4 Å². The maximum atomic E-state index is 10.7. The zero-order chi connectivity index (χ0) is 10.8. The number of nitro groups is 1. The highest BCUT2D eigenvalue weighted by molar-refractivity contribution is 6.32. The molecule has 1 N–H and O–H groups in total. The Balaban J connectivity index is 2.33. The molecule has 1 saturated heterocycles. The summed E-state index contributed by atoms with van der Waals surface area (Å²) >= 11 is 5.74. The van der Waals surface area contributed by atoms with Crippen LogP contribution >= 0.6 is 11.6 Å². The number of nitrogens with zero attached hydrogens (tertiary/aromatic N) is 1. The van der Waals surface area contributed by atoms with Gasteiger partial charge in [-0.3, -0.25) is 10.1 Å². The van der Waals surface area contributed by atoms with Gasteiger partial charge in [0.2, 0.25) is 0 Å². The maximum Gasteiger partial charge on any atom is 0.288 e. The summed E-state index contributed by atoms with van der Waals surface area (Å²) in [4.78, 5) is 10.2. The minimum absolute atomic E-state index is 0.0112. The second-order valence-electron chi connectivity index (χ2n) is 3.62. The average Bonchev–Trinajstić information content (AvgIpc) is 2.71. The Morgan fingerprint density at radius 3 is 2.93 bits per heavy atom. The van der Waals surface area contributed by atoms with Crippen LogP contribution in [0.15, 0.2) is 18.2 Å². The molecule has 0 amide bonds. The predicted octanol–water partition coefficient (Wildman–Crippen LogP) is 2.67. The van der Waals surface area contributed by atoms with Crippen molar-refractivity contribution in [3.05, 3.63) is 38.9 Å². The normalized spacial score (nSPS) is 20.5. The maximum absolute atomic E-state index is 10.7. The van der Waals surface area contributed by atoms with E-state index in [-0.39, 0.29) is 16.8 Å². The minimum atomic E-state index is -0.444. The molecule has 1 aliphatic heterocycles. The van der Waals surface area contributed by atoms with Gasteiger partial charge in [-0.1, -0.05) is 17.7 Å². The standard InChI is InChI=1S/C10H11ClN2O2/c11-8-4-3-7(6-10(8)13(14)15)9-2-1-5-12-9/h3-4,6,9,12H,1-2,5H2/t9-/m0/s1. The number of hydrogen-bond donors (Lipinski definition) is 1. The zero-order valence-electron chi connectivity index (χ0n) is 8.07. The van der Waals surface area contributed by atoms with Gasteiger partial charge in [0.25, 0.3) is 5.69 Å². The van der Waals surface area contributed by atoms with E-state index in [1.165, 1.54) is 0 Å². The lowest BCUT2D eigenvalue weighted by Gasteiger charge is -2.10. The van der Waals surface area contributed by atoms with Crippen molar-refractivity contribution in [3.63, 3.8) is 0 Å². The van der Waals surface area contributed by atoms with E-state index >= 15 is 0 Å². The van der Waals surface area contributed by atoms with Crippen LogP contribution < -0.4 is 5.32 Å². The number of nitrogens with one attached hydrogen (secondary N) is 1. The Kier molecular flexibility index (Phi) is 2.88. The first-order chi connectivity index (χ1) is 7.18. The summed E-state index contributed by atoms with van der Waals surface area (Å²) in [5.74, 6) is 0. The molecule has 5 heteroatoms. The third kappa shape index (κ3) is 2.11. The first-order valence-electron chi connectivity index (χ1n) is 4.85. The Morgan fingerprint density at radius 2 is 2.33 bits per heavy atom. The lowest BCUT2D eigenvalue weighted by atomic mass is 10.0. The van der Waals surface area contributed by atoms with Crippen LogP contribution in [-0.2, 0) is 0 Å². The van der Waals surface area contributed by atoms with Crippen LogP contribution in [-0.4, -0.2) is 11.5 Å². The van der Waals surface area contributed by atoms with Gasteiger partial charge in [-0.2, -0.15) is 0 Å². The Bertz CT molecular complexity index is 389. The van der Waals surface area contributed by atoms with Crippen LogP contribution in [0, 0.1) is 10.1 Å². The fourth-order valence-corrected chi connectivity index (χ4v) is 2.04. The largest absolute Gasteiger partial charge is 0.310 e. The van der Waals surface area contributed by atoms with Crippen molar-refractivity contribution < 1.29 is 4.92 Å². The molecule has 0 aromatic heterocycles. The van der Waals surface area contributed by atoms with Gasteiger partial charge < -0.3 is 5.32 Å². The molecule has 1 aromatic carbocycles. The molecule has 4 nitrogen and oxygen atoms in total. The molecule has 0 unspecified atom stereocenters. The Labute approximate surface area is 92.4 Å². The fourth-order valence-electron chi connectivity index (χ4n) is 1.86. The molecule has 0 radical (unpaired) electrons. The summed E-state index contributed by atoms with van der Waals surface area (Å²) in [6, 6.07) is 5.24. The van der Waals surface area contributed by atoms with Crippen LogP contribution in [0.3, 0.4) is 0 Å². The number of hydrogen-bond acceptors (Lipinski definition) is 3. The molecule has 1 heterocycles. The lowest BCUT2D eigenvalue weighted by Crippen LogP contribution is -2.12. The van der Waals surface area contributed by atoms with Crippen LogP contribution in [0.4, 0.5) is 5.69 Å². The molecular weight excluding hydrogens is 216 g/mol. The number of rotatable bonds is 2. The molecule has 1 aliphatic rings. The van der Waals surface area contributed by atoms with Crippen molar-refractivity contribution in [2.75, 3.05) is 6.54 Å². The van der Waals surface area contributed by atoms with E-state index in [0.717, 1.165) is 24.9 Å². The quantitative estimate of drug-likeness (QED) is 0.623. The van der Waals surface area contributed by atoms with Crippen molar-refractivity contribution in [1.29, 1.82) is 0 Å². The van der Waals surface area contributed by atoms with Gasteiger partial charge in [-0.15, -0.1) is 0 Å². The van der Waals surface area contributed by atoms with Crippen LogP contribution in [0.5, 0.6) is 0 Å². The summed E-state index contributed by atoms with van der Waals surface area (Å²) in [6.45, 7) is 0.973. The summed E-state index contributed by atoms with van der Waals surface area (Å²) in [7, 11) is 0. The number of nitro benzene ring substituents is 1. The van der Waals surface area contributed by atoms with Crippen molar-refractivity contribution >= 4 is 17.3 Å². The SMILES string of the molecule is O=[N+]([O-])c1cc([C@@H]2CCCN2)ccc1Cl. The van der Waals surface area contributed by atoms with Gasteiger partial charge in [-0.25, -0.2) is 0 Å². The second kappa shape index (κ2) is 4.16. The van der Waals surface area contributed by atoms with Gasteiger partial charge in [0.1, 0.15) is 5.02 Å². The van der Waals surface area contributed by atoms with Crippen molar-refractivity contribution in [2.24, 2.45) is 0 Å². The van der Waals surface area contributed by atoms with Crippen LogP contribution in [0.25, 0.3) is 0 Å². The summed E-state index contributed by atoms with van der Waals surface area (Å²) in [5.41, 5.74) is 0.937. The monoisotopic (exact) mass is 226 g/mol. The predicted molar refractivity (Wildman–Crippen MR) is 58.1 cm³/mol. The van der Waals surface area contributed by atoms with Crippen molar-refractivity contribution in [1.82, 2.24) is 5.32 Å². The van der Waals surface area contributed by atoms with E-state index in [1.807, 2.05) is 6.07 Å².